The minimum Gasteiger partial charge on any atom is -0.316 e. The first-order valence-electron chi connectivity index (χ1n) is 7.84. The van der Waals surface area contributed by atoms with E-state index in [0.717, 1.165) is 10.0 Å². The van der Waals surface area contributed by atoms with Crippen LogP contribution in [-0.2, 0) is 10.0 Å². The van der Waals surface area contributed by atoms with E-state index in [9.17, 15) is 18.0 Å². The maximum atomic E-state index is 12.8. The van der Waals surface area contributed by atoms with Gasteiger partial charge in [-0.15, -0.1) is 0 Å². The fraction of sp³-hybridized carbons (Fsp3) is 0.176. The lowest BCUT2D eigenvalue weighted by molar-refractivity contribution is 0.550. The number of hydrogen-bond donors (Lipinski definition) is 3. The van der Waals surface area contributed by atoms with E-state index in [1.165, 1.54) is 18.2 Å². The number of H-pyrrole nitrogens is 2. The van der Waals surface area contributed by atoms with E-state index >= 15 is 0 Å². The molecule has 9 heteroatoms. The molecule has 1 unspecified atom stereocenters. The molecule has 0 bridgehead atoms. The van der Waals surface area contributed by atoms with Crippen molar-refractivity contribution in [2.75, 3.05) is 0 Å². The Morgan fingerprint density at radius 1 is 1.00 bits per heavy atom. The Kier molecular flexibility index (Phi) is 5.12. The summed E-state index contributed by atoms with van der Waals surface area (Å²) in [5, 5.41) is 0. The Hall–Kier alpha value is -2.23. The molecule has 0 amide bonds. The molecule has 0 saturated carbocycles. The van der Waals surface area contributed by atoms with Crippen LogP contribution in [0.2, 0.25) is 0 Å². The summed E-state index contributed by atoms with van der Waals surface area (Å²) in [6.07, 6.45) is 0.568. The second-order valence-electron chi connectivity index (χ2n) is 5.75. The van der Waals surface area contributed by atoms with Gasteiger partial charge < -0.3 is 9.97 Å². The van der Waals surface area contributed by atoms with Crippen molar-refractivity contribution in [1.29, 1.82) is 0 Å². The van der Waals surface area contributed by atoms with Gasteiger partial charge in [0.2, 0.25) is 10.0 Å². The normalized spacial score (nSPS) is 13.0. The lowest BCUT2D eigenvalue weighted by Gasteiger charge is -2.18. The van der Waals surface area contributed by atoms with Crippen LogP contribution in [0.15, 0.2) is 61.4 Å². The van der Waals surface area contributed by atoms with Gasteiger partial charge in [0.25, 0.3) is 0 Å². The van der Waals surface area contributed by atoms with Crippen molar-refractivity contribution in [3.63, 3.8) is 0 Å². The molecule has 3 N–H and O–H groups in total. The Bertz CT molecular complexity index is 1170. The van der Waals surface area contributed by atoms with Gasteiger partial charge >= 0.3 is 11.1 Å². The number of fused-ring (bicyclic) bond motifs is 1. The van der Waals surface area contributed by atoms with Gasteiger partial charge in [-0.2, -0.15) is 0 Å². The van der Waals surface area contributed by atoms with Crippen LogP contribution in [0, 0.1) is 0 Å². The molecule has 3 aromatic rings. The van der Waals surface area contributed by atoms with E-state index in [-0.39, 0.29) is 10.4 Å². The number of aromatic amines is 2. The van der Waals surface area contributed by atoms with Crippen molar-refractivity contribution in [3.05, 3.63) is 73.2 Å². The van der Waals surface area contributed by atoms with E-state index < -0.39 is 27.2 Å². The largest absolute Gasteiger partial charge is 0.316 e. The van der Waals surface area contributed by atoms with Crippen molar-refractivity contribution in [2.45, 2.75) is 24.3 Å². The number of aromatic nitrogens is 2. The van der Waals surface area contributed by atoms with Gasteiger partial charge in [0.05, 0.1) is 15.9 Å². The monoisotopic (exact) mass is 437 g/mol. The van der Waals surface area contributed by atoms with Crippen molar-refractivity contribution < 1.29 is 8.42 Å². The molecule has 1 atom stereocenters. The van der Waals surface area contributed by atoms with Gasteiger partial charge in [-0.25, -0.2) is 13.1 Å². The zero-order valence-corrected chi connectivity index (χ0v) is 16.1. The van der Waals surface area contributed by atoms with Crippen molar-refractivity contribution in [1.82, 2.24) is 14.7 Å². The van der Waals surface area contributed by atoms with E-state index in [4.69, 9.17) is 0 Å². The number of halogens is 1. The lowest BCUT2D eigenvalue weighted by atomic mass is 10.1. The van der Waals surface area contributed by atoms with Gasteiger partial charge in [-0.05, 0) is 42.3 Å². The molecule has 0 radical (unpaired) electrons. The van der Waals surface area contributed by atoms with Crippen LogP contribution < -0.4 is 15.8 Å². The Labute approximate surface area is 157 Å². The predicted molar refractivity (Wildman–Crippen MR) is 103 cm³/mol. The quantitative estimate of drug-likeness (QED) is 0.531. The molecule has 0 aliphatic rings. The molecular weight excluding hydrogens is 422 g/mol. The maximum absolute atomic E-state index is 12.8. The van der Waals surface area contributed by atoms with Gasteiger partial charge in [0.1, 0.15) is 0 Å². The Morgan fingerprint density at radius 3 is 2.23 bits per heavy atom. The molecule has 1 aromatic heterocycles. The zero-order valence-electron chi connectivity index (χ0n) is 13.7. The molecule has 0 aliphatic heterocycles. The van der Waals surface area contributed by atoms with Crippen molar-refractivity contribution in [3.8, 4) is 0 Å². The molecule has 0 fully saturated rings. The molecule has 1 heterocycles. The van der Waals surface area contributed by atoms with Crippen LogP contribution >= 0.6 is 15.9 Å². The van der Waals surface area contributed by atoms with Gasteiger partial charge in [-0.3, -0.25) is 9.59 Å². The van der Waals surface area contributed by atoms with Crippen molar-refractivity contribution >= 4 is 37.0 Å². The third-order valence-corrected chi connectivity index (χ3v) is 5.98. The number of sulfonamides is 1. The maximum Gasteiger partial charge on any atom is 0.314 e. The molecule has 3 rings (SSSR count). The number of rotatable bonds is 5. The van der Waals surface area contributed by atoms with Gasteiger partial charge in [0, 0.05) is 10.5 Å². The average molecular weight is 438 g/mol. The highest BCUT2D eigenvalue weighted by molar-refractivity contribution is 9.10. The smallest absolute Gasteiger partial charge is 0.314 e. The third-order valence-electron chi connectivity index (χ3n) is 3.98. The Morgan fingerprint density at radius 2 is 1.62 bits per heavy atom. The molecule has 0 aliphatic carbocycles. The van der Waals surface area contributed by atoms with Crippen LogP contribution in [0.3, 0.4) is 0 Å². The summed E-state index contributed by atoms with van der Waals surface area (Å²) in [5.41, 5.74) is -0.172. The van der Waals surface area contributed by atoms with E-state index in [1.807, 2.05) is 31.2 Å². The van der Waals surface area contributed by atoms with Gasteiger partial charge in [-0.1, -0.05) is 35.0 Å². The van der Waals surface area contributed by atoms with Gasteiger partial charge in [0.15, 0.2) is 0 Å². The molecule has 136 valence electrons. The summed E-state index contributed by atoms with van der Waals surface area (Å²) in [6, 6.07) is 11.2. The summed E-state index contributed by atoms with van der Waals surface area (Å²) in [6.45, 7) is 1.89. The summed E-state index contributed by atoms with van der Waals surface area (Å²) < 4.78 is 29.1. The fourth-order valence-corrected chi connectivity index (χ4v) is 4.20. The highest BCUT2D eigenvalue weighted by Crippen LogP contribution is 2.23. The highest BCUT2D eigenvalue weighted by Gasteiger charge is 2.21. The van der Waals surface area contributed by atoms with Crippen LogP contribution in [0.5, 0.6) is 0 Å². The van der Waals surface area contributed by atoms with Crippen LogP contribution in [0.25, 0.3) is 11.0 Å². The second-order valence-corrected chi connectivity index (χ2v) is 8.38. The molecule has 2 aromatic carbocycles. The predicted octanol–water partition coefficient (Wildman–Crippen LogP) is 2.41. The van der Waals surface area contributed by atoms with Crippen LogP contribution in [0.4, 0.5) is 0 Å². The summed E-state index contributed by atoms with van der Waals surface area (Å²) >= 11 is 3.36. The standard InChI is InChI=1S/C17H16BrN3O4S/c1-2-13(10-3-5-11(18)6-4-10)21-26(24,25)12-7-8-14-15(9-12)20-17(23)16(22)19-14/h3-9,13,21H,2H2,1H3,(H,19,22)(H,20,23). The Balaban J connectivity index is 1.97. The second kappa shape index (κ2) is 7.18. The number of nitrogens with one attached hydrogen (secondary N) is 3. The zero-order chi connectivity index (χ0) is 18.9. The molecule has 0 spiro atoms. The van der Waals surface area contributed by atoms with Crippen molar-refractivity contribution in [2.24, 2.45) is 0 Å². The average Bonchev–Trinajstić information content (AvgIpc) is 2.61. The summed E-state index contributed by atoms with van der Waals surface area (Å²) in [5.74, 6) is 0. The molecular formula is C17H16BrN3O4S. The molecule has 0 saturated heterocycles. The van der Waals surface area contributed by atoms with Crippen LogP contribution in [-0.4, -0.2) is 18.4 Å². The van der Waals surface area contributed by atoms with E-state index in [1.54, 1.807) is 0 Å². The minimum absolute atomic E-state index is 0.00302. The summed E-state index contributed by atoms with van der Waals surface area (Å²) in [7, 11) is -3.82. The highest BCUT2D eigenvalue weighted by atomic mass is 79.9. The fourth-order valence-electron chi connectivity index (χ4n) is 2.60. The molecule has 26 heavy (non-hydrogen) atoms. The molecule has 7 nitrogen and oxygen atoms in total. The van der Waals surface area contributed by atoms with E-state index in [0.29, 0.717) is 11.9 Å². The lowest BCUT2D eigenvalue weighted by Crippen LogP contribution is -2.30. The third kappa shape index (κ3) is 3.79. The first-order valence-corrected chi connectivity index (χ1v) is 10.1. The first kappa shape index (κ1) is 18.6. The van der Waals surface area contributed by atoms with E-state index in [2.05, 4.69) is 30.6 Å². The SMILES string of the molecule is CCC(NS(=O)(=O)c1ccc2[nH]c(=O)c(=O)[nH]c2c1)c1ccc(Br)cc1. The number of hydrogen-bond acceptors (Lipinski definition) is 4. The van der Waals surface area contributed by atoms with Crippen LogP contribution in [0.1, 0.15) is 24.9 Å². The first-order chi connectivity index (χ1) is 12.3. The summed E-state index contributed by atoms with van der Waals surface area (Å²) in [4.78, 5) is 27.6. The number of benzene rings is 2. The minimum atomic E-state index is -3.82. The topological polar surface area (TPSA) is 112 Å².